The predicted molar refractivity (Wildman–Crippen MR) is 84.5 cm³/mol. The Morgan fingerprint density at radius 3 is 2.81 bits per heavy atom. The molecule has 1 saturated heterocycles. The molecule has 0 aromatic carbocycles. The fourth-order valence-corrected chi connectivity index (χ4v) is 3.90. The first-order chi connectivity index (χ1) is 10.0. The number of nitrogens with zero attached hydrogens (tertiary/aromatic N) is 2. The molecule has 3 rings (SSSR count). The van der Waals surface area contributed by atoms with Crippen molar-refractivity contribution in [3.8, 4) is 5.88 Å². The predicted octanol–water partition coefficient (Wildman–Crippen LogP) is 2.59. The topological polar surface area (TPSA) is 37.4 Å². The summed E-state index contributed by atoms with van der Waals surface area (Å²) in [6.45, 7) is 7.69. The third kappa shape index (κ3) is 2.92. The van der Waals surface area contributed by atoms with Gasteiger partial charge in [0.15, 0.2) is 0 Å². The second-order valence-electron chi connectivity index (χ2n) is 7.20. The van der Waals surface area contributed by atoms with E-state index in [1.165, 1.54) is 31.2 Å². The lowest BCUT2D eigenvalue weighted by Crippen LogP contribution is -2.66. The molecular weight excluding hydrogens is 262 g/mol. The maximum Gasteiger partial charge on any atom is 0.217 e. The molecule has 1 saturated carbocycles. The molecular formula is C17H27N3O. The maximum atomic E-state index is 5.44. The first kappa shape index (κ1) is 14.8. The Bertz CT molecular complexity index is 495. The number of aromatic nitrogens is 1. The summed E-state index contributed by atoms with van der Waals surface area (Å²) in [5.41, 5.74) is 1.70. The Morgan fingerprint density at radius 1 is 1.33 bits per heavy atom. The monoisotopic (exact) mass is 289 g/mol. The summed E-state index contributed by atoms with van der Waals surface area (Å²) in [5.74, 6) is 0.766. The largest absolute Gasteiger partial charge is 0.481 e. The molecule has 1 aromatic rings. The Balaban J connectivity index is 1.85. The van der Waals surface area contributed by atoms with Gasteiger partial charge in [0.25, 0.3) is 0 Å². The van der Waals surface area contributed by atoms with Gasteiger partial charge >= 0.3 is 0 Å². The van der Waals surface area contributed by atoms with Crippen LogP contribution in [0.15, 0.2) is 18.3 Å². The van der Waals surface area contributed by atoms with Crippen LogP contribution >= 0.6 is 0 Å². The second-order valence-corrected chi connectivity index (χ2v) is 7.20. The van der Waals surface area contributed by atoms with E-state index in [1.807, 2.05) is 6.07 Å². The van der Waals surface area contributed by atoms with Gasteiger partial charge in [-0.1, -0.05) is 18.9 Å². The minimum atomic E-state index is 0.170. The highest BCUT2D eigenvalue weighted by atomic mass is 16.5. The Labute approximate surface area is 127 Å². The molecule has 2 fully saturated rings. The van der Waals surface area contributed by atoms with Crippen molar-refractivity contribution < 1.29 is 4.74 Å². The van der Waals surface area contributed by atoms with Crippen LogP contribution in [0.1, 0.15) is 45.1 Å². The fourth-order valence-electron chi connectivity index (χ4n) is 3.90. The quantitative estimate of drug-likeness (QED) is 0.928. The van der Waals surface area contributed by atoms with Crippen LogP contribution in [0.4, 0.5) is 0 Å². The zero-order chi connectivity index (χ0) is 14.9. The molecule has 1 N–H and O–H groups in total. The van der Waals surface area contributed by atoms with Gasteiger partial charge in [0, 0.05) is 42.5 Å². The van der Waals surface area contributed by atoms with Gasteiger partial charge in [-0.25, -0.2) is 4.98 Å². The van der Waals surface area contributed by atoms with E-state index < -0.39 is 0 Å². The number of nitrogens with one attached hydrogen (secondary N) is 1. The standard InChI is InChI=1S/C17H27N3O/c1-16(2)13-20(17(12-19-16)8-4-5-9-17)11-14-7-6-10-18-15(14)21-3/h6-7,10,19H,4-5,8-9,11-13H2,1-3H3. The second kappa shape index (κ2) is 5.58. The third-order valence-electron chi connectivity index (χ3n) is 5.09. The lowest BCUT2D eigenvalue weighted by Gasteiger charge is -2.51. The summed E-state index contributed by atoms with van der Waals surface area (Å²) < 4.78 is 5.44. The SMILES string of the molecule is COc1ncccc1CN1CC(C)(C)NCC12CCCC2. The van der Waals surface area contributed by atoms with E-state index in [0.717, 1.165) is 25.5 Å². The van der Waals surface area contributed by atoms with E-state index in [-0.39, 0.29) is 5.54 Å². The van der Waals surface area contributed by atoms with Crippen molar-refractivity contribution in [3.63, 3.8) is 0 Å². The number of hydrogen-bond acceptors (Lipinski definition) is 4. The molecule has 4 heteroatoms. The third-order valence-corrected chi connectivity index (χ3v) is 5.09. The van der Waals surface area contributed by atoms with E-state index in [4.69, 9.17) is 4.74 Å². The summed E-state index contributed by atoms with van der Waals surface area (Å²) in [5, 5.41) is 3.75. The van der Waals surface area contributed by atoms with Crippen LogP contribution in [0.3, 0.4) is 0 Å². The van der Waals surface area contributed by atoms with Gasteiger partial charge in [0.05, 0.1) is 7.11 Å². The van der Waals surface area contributed by atoms with Crippen molar-refractivity contribution in [1.82, 2.24) is 15.2 Å². The molecule has 2 heterocycles. The highest BCUT2D eigenvalue weighted by molar-refractivity contribution is 5.26. The zero-order valence-corrected chi connectivity index (χ0v) is 13.5. The first-order valence-corrected chi connectivity index (χ1v) is 8.03. The molecule has 1 aliphatic carbocycles. The molecule has 0 amide bonds. The number of pyridine rings is 1. The van der Waals surface area contributed by atoms with Gasteiger partial charge < -0.3 is 10.1 Å². The Morgan fingerprint density at radius 2 is 2.10 bits per heavy atom. The van der Waals surface area contributed by atoms with Crippen LogP contribution < -0.4 is 10.1 Å². The van der Waals surface area contributed by atoms with E-state index in [2.05, 4.69) is 35.1 Å². The lowest BCUT2D eigenvalue weighted by atomic mass is 9.86. The normalized spacial score (nSPS) is 24.3. The van der Waals surface area contributed by atoms with Crippen molar-refractivity contribution in [1.29, 1.82) is 0 Å². The number of rotatable bonds is 3. The van der Waals surface area contributed by atoms with E-state index in [0.29, 0.717) is 5.54 Å². The van der Waals surface area contributed by atoms with E-state index >= 15 is 0 Å². The molecule has 0 atom stereocenters. The number of piperazine rings is 1. The lowest BCUT2D eigenvalue weighted by molar-refractivity contribution is 0.0116. The smallest absolute Gasteiger partial charge is 0.217 e. The van der Waals surface area contributed by atoms with Crippen molar-refractivity contribution >= 4 is 0 Å². The summed E-state index contributed by atoms with van der Waals surface area (Å²) in [6.07, 6.45) is 7.11. The molecule has 0 radical (unpaired) electrons. The van der Waals surface area contributed by atoms with Crippen molar-refractivity contribution in [2.24, 2.45) is 0 Å². The summed E-state index contributed by atoms with van der Waals surface area (Å²) in [4.78, 5) is 7.03. The summed E-state index contributed by atoms with van der Waals surface area (Å²) in [6, 6.07) is 4.15. The van der Waals surface area contributed by atoms with Gasteiger partial charge in [-0.15, -0.1) is 0 Å². The molecule has 1 aromatic heterocycles. The first-order valence-electron chi connectivity index (χ1n) is 8.03. The number of hydrogen-bond donors (Lipinski definition) is 1. The maximum absolute atomic E-state index is 5.44. The van der Waals surface area contributed by atoms with Gasteiger partial charge in [0.2, 0.25) is 5.88 Å². The van der Waals surface area contributed by atoms with Crippen LogP contribution in [-0.4, -0.2) is 41.2 Å². The van der Waals surface area contributed by atoms with Crippen LogP contribution in [0.2, 0.25) is 0 Å². The molecule has 0 bridgehead atoms. The van der Waals surface area contributed by atoms with Gasteiger partial charge in [0.1, 0.15) is 0 Å². The average Bonchev–Trinajstić information content (AvgIpc) is 2.94. The Kier molecular flexibility index (Phi) is 3.93. The van der Waals surface area contributed by atoms with Gasteiger partial charge in [-0.05, 0) is 32.8 Å². The van der Waals surface area contributed by atoms with Crippen molar-refractivity contribution in [2.75, 3.05) is 20.2 Å². The van der Waals surface area contributed by atoms with Crippen molar-refractivity contribution in [2.45, 2.75) is 57.2 Å². The highest BCUT2D eigenvalue weighted by Gasteiger charge is 2.45. The minimum absolute atomic E-state index is 0.170. The molecule has 1 aliphatic heterocycles. The van der Waals surface area contributed by atoms with Crippen molar-refractivity contribution in [3.05, 3.63) is 23.9 Å². The number of ether oxygens (including phenoxy) is 1. The van der Waals surface area contributed by atoms with Crippen LogP contribution in [0, 0.1) is 0 Å². The van der Waals surface area contributed by atoms with Gasteiger partial charge in [-0.3, -0.25) is 4.90 Å². The molecule has 116 valence electrons. The minimum Gasteiger partial charge on any atom is -0.481 e. The van der Waals surface area contributed by atoms with E-state index in [1.54, 1.807) is 13.3 Å². The summed E-state index contributed by atoms with van der Waals surface area (Å²) >= 11 is 0. The molecule has 2 aliphatic rings. The zero-order valence-electron chi connectivity index (χ0n) is 13.5. The van der Waals surface area contributed by atoms with Crippen LogP contribution in [0.25, 0.3) is 0 Å². The molecule has 1 spiro atoms. The van der Waals surface area contributed by atoms with E-state index in [9.17, 15) is 0 Å². The highest BCUT2D eigenvalue weighted by Crippen LogP contribution is 2.39. The van der Waals surface area contributed by atoms with Gasteiger partial charge in [-0.2, -0.15) is 0 Å². The molecule has 4 nitrogen and oxygen atoms in total. The average molecular weight is 289 g/mol. The van der Waals surface area contributed by atoms with Crippen LogP contribution in [0.5, 0.6) is 5.88 Å². The number of methoxy groups -OCH3 is 1. The Hall–Kier alpha value is -1.13. The fraction of sp³-hybridized carbons (Fsp3) is 0.706. The molecule has 0 unspecified atom stereocenters. The summed E-state index contributed by atoms with van der Waals surface area (Å²) in [7, 11) is 1.71. The van der Waals surface area contributed by atoms with Crippen LogP contribution in [-0.2, 0) is 6.54 Å². The molecule has 21 heavy (non-hydrogen) atoms.